The summed E-state index contributed by atoms with van der Waals surface area (Å²) in [5.74, 6) is 0. The van der Waals surface area contributed by atoms with Crippen molar-refractivity contribution < 1.29 is 9.05 Å². The molecule has 1 aliphatic rings. The van der Waals surface area contributed by atoms with Gasteiger partial charge in [0.05, 0.1) is 18.9 Å². The van der Waals surface area contributed by atoms with E-state index in [9.17, 15) is 0 Å². The maximum Gasteiger partial charge on any atom is 0.295 e. The fourth-order valence-corrected chi connectivity index (χ4v) is 3.87. The molecule has 0 saturated carbocycles. The first-order valence-electron chi connectivity index (χ1n) is 5.95. The van der Waals surface area contributed by atoms with E-state index >= 15 is 0 Å². The number of hydrogen-bond donors (Lipinski definition) is 0. The van der Waals surface area contributed by atoms with Crippen molar-refractivity contribution >= 4 is 13.3 Å². The van der Waals surface area contributed by atoms with Crippen LogP contribution in [0.25, 0.3) is 0 Å². The van der Waals surface area contributed by atoms with Gasteiger partial charge in [0.15, 0.2) is 0 Å². The number of benzene rings is 1. The summed E-state index contributed by atoms with van der Waals surface area (Å²) in [6.45, 7) is 4.36. The molecule has 1 fully saturated rings. The van der Waals surface area contributed by atoms with E-state index in [1.165, 1.54) is 0 Å². The Morgan fingerprint density at radius 2 is 2.18 bits per heavy atom. The predicted molar refractivity (Wildman–Crippen MR) is 70.3 cm³/mol. The maximum atomic E-state index is 5.90. The molecule has 0 bridgehead atoms. The van der Waals surface area contributed by atoms with Gasteiger partial charge in [-0.2, -0.15) is 0 Å². The minimum atomic E-state index is -2.22. The first-order valence-corrected chi connectivity index (χ1v) is 7.48. The average Bonchev–Trinajstić information content (AvgIpc) is 2.70. The lowest BCUT2D eigenvalue weighted by Gasteiger charge is -2.23. The molecule has 1 aromatic carbocycles. The summed E-state index contributed by atoms with van der Waals surface area (Å²) in [4.78, 5) is 0. The van der Waals surface area contributed by atoms with Gasteiger partial charge in [-0.05, 0) is 25.6 Å². The van der Waals surface area contributed by atoms with Crippen LogP contribution in [0.2, 0.25) is 0 Å². The largest absolute Gasteiger partial charge is 0.312 e. The van der Waals surface area contributed by atoms with Crippen LogP contribution in [0, 0.1) is 0 Å². The highest BCUT2D eigenvalue weighted by Gasteiger charge is 2.33. The van der Waals surface area contributed by atoms with Crippen LogP contribution in [0.1, 0.15) is 13.3 Å². The second-order valence-corrected chi connectivity index (χ2v) is 6.35. The van der Waals surface area contributed by atoms with Crippen LogP contribution < -0.4 is 0 Å². The molecule has 0 aliphatic carbocycles. The number of hydrogen-bond acceptors (Lipinski definition) is 3. The van der Waals surface area contributed by atoms with Crippen molar-refractivity contribution in [1.29, 1.82) is 0 Å². The fraction of sp³-hybridized carbons (Fsp3) is 0.500. The Morgan fingerprint density at radius 1 is 1.41 bits per heavy atom. The lowest BCUT2D eigenvalue weighted by atomic mass is 10.3. The minimum Gasteiger partial charge on any atom is -0.312 e. The Labute approximate surface area is 103 Å². The second kappa shape index (κ2) is 5.78. The number of likely N-dealkylation sites (N-methyl/N-ethyl adjacent to an activating group) is 1. The lowest BCUT2D eigenvalue weighted by Crippen LogP contribution is -2.11. The maximum absolute atomic E-state index is 5.90. The first-order chi connectivity index (χ1) is 8.27. The van der Waals surface area contributed by atoms with Gasteiger partial charge in [0.2, 0.25) is 0 Å². The molecule has 1 unspecified atom stereocenters. The zero-order valence-electron chi connectivity index (χ0n) is 10.4. The zero-order chi connectivity index (χ0) is 12.1. The van der Waals surface area contributed by atoms with Gasteiger partial charge in [0.1, 0.15) is 0 Å². The molecule has 5 heteroatoms. The van der Waals surface area contributed by atoms with E-state index in [4.69, 9.17) is 13.8 Å². The van der Waals surface area contributed by atoms with Crippen molar-refractivity contribution in [1.82, 2.24) is 4.67 Å². The summed E-state index contributed by atoms with van der Waals surface area (Å²) in [6, 6.07) is 9.89. The van der Waals surface area contributed by atoms with Crippen molar-refractivity contribution in [2.45, 2.75) is 13.3 Å². The van der Waals surface area contributed by atoms with E-state index in [-0.39, 0.29) is 0 Å². The normalized spacial score (nSPS) is 25.1. The van der Waals surface area contributed by atoms with Crippen LogP contribution in [0.5, 0.6) is 0 Å². The third kappa shape index (κ3) is 2.96. The third-order valence-electron chi connectivity index (χ3n) is 2.57. The number of rotatable bonds is 4. The molecule has 4 nitrogen and oxygen atoms in total. The molecule has 0 radical (unpaired) electrons. The van der Waals surface area contributed by atoms with E-state index in [0.29, 0.717) is 13.2 Å². The standard InChI is InChI=1S/C12H19N2O2P/c1-3-10-15-17(14(2)9-11-16-17)13-12-7-5-4-6-8-12/h4-8H,3,9-11H2,1-2H3. The zero-order valence-corrected chi connectivity index (χ0v) is 11.3. The molecule has 0 spiro atoms. The fourth-order valence-electron chi connectivity index (χ4n) is 1.64. The van der Waals surface area contributed by atoms with Gasteiger partial charge in [0.25, 0.3) is 7.66 Å². The van der Waals surface area contributed by atoms with Gasteiger partial charge in [0, 0.05) is 6.54 Å². The summed E-state index contributed by atoms with van der Waals surface area (Å²) < 4.78 is 18.5. The quantitative estimate of drug-likeness (QED) is 0.769. The van der Waals surface area contributed by atoms with Crippen molar-refractivity contribution in [3.63, 3.8) is 0 Å². The highest BCUT2D eigenvalue weighted by Crippen LogP contribution is 2.59. The Bertz CT molecular complexity index is 408. The molecular formula is C12H19N2O2P. The highest BCUT2D eigenvalue weighted by atomic mass is 31.2. The molecule has 94 valence electrons. The summed E-state index contributed by atoms with van der Waals surface area (Å²) in [7, 11) is -0.201. The van der Waals surface area contributed by atoms with E-state index < -0.39 is 7.66 Å². The van der Waals surface area contributed by atoms with Crippen LogP contribution in [0.15, 0.2) is 35.1 Å². The summed E-state index contributed by atoms with van der Waals surface area (Å²) in [5.41, 5.74) is 0.922. The van der Waals surface area contributed by atoms with Crippen molar-refractivity contribution in [3.05, 3.63) is 30.3 Å². The molecule has 1 heterocycles. The second-order valence-electron chi connectivity index (χ2n) is 3.97. The topological polar surface area (TPSA) is 34.1 Å². The molecule has 1 atom stereocenters. The van der Waals surface area contributed by atoms with E-state index in [2.05, 4.69) is 11.6 Å². The monoisotopic (exact) mass is 254 g/mol. The minimum absolute atomic E-state index is 0.689. The van der Waals surface area contributed by atoms with Crippen molar-refractivity contribution in [2.24, 2.45) is 4.74 Å². The van der Waals surface area contributed by atoms with Crippen LogP contribution in [0.3, 0.4) is 0 Å². The smallest absolute Gasteiger partial charge is 0.295 e. The van der Waals surface area contributed by atoms with Crippen molar-refractivity contribution in [2.75, 3.05) is 26.8 Å². The SMILES string of the molecule is CCCOP1(=Nc2ccccc2)OCCN1C. The van der Waals surface area contributed by atoms with E-state index in [1.54, 1.807) is 0 Å². The first kappa shape index (κ1) is 12.8. The lowest BCUT2D eigenvalue weighted by molar-refractivity contribution is 0.258. The van der Waals surface area contributed by atoms with Crippen LogP contribution in [0.4, 0.5) is 5.69 Å². The van der Waals surface area contributed by atoms with Crippen LogP contribution >= 0.6 is 7.66 Å². The Hall–Kier alpha value is -0.670. The van der Waals surface area contributed by atoms with Crippen LogP contribution in [-0.2, 0) is 9.05 Å². The van der Waals surface area contributed by atoms with Gasteiger partial charge < -0.3 is 9.05 Å². The molecule has 1 aliphatic heterocycles. The molecule has 0 aromatic heterocycles. The average molecular weight is 254 g/mol. The molecular weight excluding hydrogens is 235 g/mol. The van der Waals surface area contributed by atoms with Crippen molar-refractivity contribution in [3.8, 4) is 0 Å². The molecule has 1 aromatic rings. The summed E-state index contributed by atoms with van der Waals surface area (Å²) in [5, 5.41) is 0. The van der Waals surface area contributed by atoms with Gasteiger partial charge >= 0.3 is 0 Å². The third-order valence-corrected chi connectivity index (χ3v) is 5.15. The summed E-state index contributed by atoms with van der Waals surface area (Å²) in [6.07, 6.45) is 0.975. The highest BCUT2D eigenvalue weighted by molar-refractivity contribution is 7.54. The molecule has 0 amide bonds. The summed E-state index contributed by atoms with van der Waals surface area (Å²) >= 11 is 0. The molecule has 0 N–H and O–H groups in total. The molecule has 2 rings (SSSR count). The Balaban J connectivity index is 2.30. The molecule has 1 saturated heterocycles. The van der Waals surface area contributed by atoms with Gasteiger partial charge in [-0.25, -0.2) is 9.42 Å². The van der Waals surface area contributed by atoms with E-state index in [0.717, 1.165) is 18.7 Å². The van der Waals surface area contributed by atoms with Gasteiger partial charge in [-0.3, -0.25) is 0 Å². The van der Waals surface area contributed by atoms with Crippen LogP contribution in [-0.4, -0.2) is 31.5 Å². The predicted octanol–water partition coefficient (Wildman–Crippen LogP) is 3.65. The Kier molecular flexibility index (Phi) is 4.35. The Morgan fingerprint density at radius 3 is 2.76 bits per heavy atom. The number of nitrogens with zero attached hydrogens (tertiary/aromatic N) is 2. The molecule has 17 heavy (non-hydrogen) atoms. The van der Waals surface area contributed by atoms with E-state index in [1.807, 2.05) is 37.4 Å². The van der Waals surface area contributed by atoms with Gasteiger partial charge in [-0.1, -0.05) is 25.1 Å². The van der Waals surface area contributed by atoms with Gasteiger partial charge in [-0.15, -0.1) is 0 Å².